The highest BCUT2D eigenvalue weighted by Gasteiger charge is 1.92. The molecule has 1 heterocycles. The first-order valence-corrected chi connectivity index (χ1v) is 2.83. The van der Waals surface area contributed by atoms with Crippen LogP contribution in [0.15, 0.2) is 6.07 Å². The van der Waals surface area contributed by atoms with Gasteiger partial charge in [0.1, 0.15) is 5.15 Å². The molecule has 0 atom stereocenters. The topological polar surface area (TPSA) is 51.8 Å². The first kappa shape index (κ1) is 9.46. The van der Waals surface area contributed by atoms with Crippen molar-refractivity contribution >= 4 is 30.0 Å². The zero-order chi connectivity index (χ0) is 6.85. The van der Waals surface area contributed by atoms with Gasteiger partial charge >= 0.3 is 0 Å². The molecular formula is C5H7Cl2N3. The Bertz CT molecular complexity index is 176. The zero-order valence-electron chi connectivity index (χ0n) is 5.34. The molecule has 0 saturated carbocycles. The van der Waals surface area contributed by atoms with Gasteiger partial charge < -0.3 is 5.73 Å². The highest BCUT2D eigenvalue weighted by molar-refractivity contribution is 6.29. The van der Waals surface area contributed by atoms with E-state index in [1.54, 1.807) is 6.07 Å². The lowest BCUT2D eigenvalue weighted by Gasteiger charge is -1.93. The summed E-state index contributed by atoms with van der Waals surface area (Å²) in [5, 5.41) is 0.389. The third-order valence-corrected chi connectivity index (χ3v) is 1.03. The minimum atomic E-state index is 0. The smallest absolute Gasteiger partial charge is 0.221 e. The Labute approximate surface area is 70.0 Å². The van der Waals surface area contributed by atoms with Crippen LogP contribution in [0.4, 0.5) is 5.95 Å². The van der Waals surface area contributed by atoms with Gasteiger partial charge in [-0.3, -0.25) is 0 Å². The normalized spacial score (nSPS) is 8.60. The summed E-state index contributed by atoms with van der Waals surface area (Å²) in [6.45, 7) is 1.81. The van der Waals surface area contributed by atoms with E-state index in [-0.39, 0.29) is 18.4 Å². The van der Waals surface area contributed by atoms with Crippen molar-refractivity contribution in [3.05, 3.63) is 16.9 Å². The molecule has 0 aromatic carbocycles. The fraction of sp³-hybridized carbons (Fsp3) is 0.200. The van der Waals surface area contributed by atoms with E-state index < -0.39 is 0 Å². The van der Waals surface area contributed by atoms with Crippen LogP contribution in [-0.2, 0) is 0 Å². The van der Waals surface area contributed by atoms with Gasteiger partial charge in [0, 0.05) is 5.69 Å². The van der Waals surface area contributed by atoms with E-state index in [2.05, 4.69) is 9.97 Å². The highest BCUT2D eigenvalue weighted by atomic mass is 35.5. The number of halogens is 2. The summed E-state index contributed by atoms with van der Waals surface area (Å²) < 4.78 is 0. The Morgan fingerprint density at radius 3 is 2.50 bits per heavy atom. The predicted octanol–water partition coefficient (Wildman–Crippen LogP) is 1.44. The molecule has 0 saturated heterocycles. The van der Waals surface area contributed by atoms with E-state index in [4.69, 9.17) is 17.3 Å². The van der Waals surface area contributed by atoms with Crippen LogP contribution < -0.4 is 5.73 Å². The van der Waals surface area contributed by atoms with E-state index in [0.717, 1.165) is 5.69 Å². The van der Waals surface area contributed by atoms with Crippen LogP contribution in [0.5, 0.6) is 0 Å². The van der Waals surface area contributed by atoms with Crippen LogP contribution in [0.3, 0.4) is 0 Å². The second kappa shape index (κ2) is 3.58. The van der Waals surface area contributed by atoms with Crippen molar-refractivity contribution in [3.63, 3.8) is 0 Å². The third kappa shape index (κ3) is 2.37. The number of hydrogen-bond acceptors (Lipinski definition) is 3. The minimum Gasteiger partial charge on any atom is -0.368 e. The predicted molar refractivity (Wildman–Crippen MR) is 43.4 cm³/mol. The lowest BCUT2D eigenvalue weighted by atomic mass is 10.5. The minimum absolute atomic E-state index is 0. The summed E-state index contributed by atoms with van der Waals surface area (Å²) in [7, 11) is 0. The van der Waals surface area contributed by atoms with Gasteiger partial charge in [-0.15, -0.1) is 12.4 Å². The number of rotatable bonds is 0. The molecule has 0 unspecified atom stereocenters. The van der Waals surface area contributed by atoms with E-state index in [0.29, 0.717) is 5.15 Å². The van der Waals surface area contributed by atoms with Crippen molar-refractivity contribution in [2.45, 2.75) is 6.92 Å². The summed E-state index contributed by atoms with van der Waals surface area (Å²) in [6.07, 6.45) is 0. The SMILES string of the molecule is Cc1cc(Cl)nc(N)n1.Cl. The van der Waals surface area contributed by atoms with Gasteiger partial charge in [-0.05, 0) is 13.0 Å². The maximum absolute atomic E-state index is 5.52. The van der Waals surface area contributed by atoms with Crippen molar-refractivity contribution in [1.82, 2.24) is 9.97 Å². The van der Waals surface area contributed by atoms with Gasteiger partial charge in [-0.25, -0.2) is 9.97 Å². The fourth-order valence-corrected chi connectivity index (χ4v) is 0.797. The van der Waals surface area contributed by atoms with Gasteiger partial charge in [0.05, 0.1) is 0 Å². The second-order valence-electron chi connectivity index (χ2n) is 1.69. The van der Waals surface area contributed by atoms with Gasteiger partial charge in [-0.2, -0.15) is 0 Å². The lowest BCUT2D eigenvalue weighted by molar-refractivity contribution is 1.12. The summed E-state index contributed by atoms with van der Waals surface area (Å²) in [4.78, 5) is 7.48. The number of nitrogens with two attached hydrogens (primary N) is 1. The molecule has 1 aromatic heterocycles. The Morgan fingerprint density at radius 1 is 1.50 bits per heavy atom. The van der Waals surface area contributed by atoms with Crippen molar-refractivity contribution < 1.29 is 0 Å². The molecule has 0 aliphatic carbocycles. The van der Waals surface area contributed by atoms with Gasteiger partial charge in [0.25, 0.3) is 0 Å². The molecule has 0 spiro atoms. The monoisotopic (exact) mass is 179 g/mol. The van der Waals surface area contributed by atoms with Crippen molar-refractivity contribution in [2.24, 2.45) is 0 Å². The van der Waals surface area contributed by atoms with E-state index >= 15 is 0 Å². The number of nitrogen functional groups attached to an aromatic ring is 1. The first-order valence-electron chi connectivity index (χ1n) is 2.45. The van der Waals surface area contributed by atoms with Crippen molar-refractivity contribution in [3.8, 4) is 0 Å². The molecule has 1 aromatic rings. The Morgan fingerprint density at radius 2 is 2.10 bits per heavy atom. The average molecular weight is 180 g/mol. The quantitative estimate of drug-likeness (QED) is 0.614. The number of hydrogen-bond donors (Lipinski definition) is 1. The average Bonchev–Trinajstić information content (AvgIpc) is 1.59. The standard InChI is InChI=1S/C5H6ClN3.ClH/c1-3-2-4(6)9-5(7)8-3;/h2H,1H3,(H2,7,8,9);1H. The van der Waals surface area contributed by atoms with Crippen LogP contribution in [-0.4, -0.2) is 9.97 Å². The third-order valence-electron chi connectivity index (χ3n) is 0.840. The zero-order valence-corrected chi connectivity index (χ0v) is 6.91. The molecule has 10 heavy (non-hydrogen) atoms. The number of aromatic nitrogens is 2. The molecule has 0 radical (unpaired) electrons. The van der Waals surface area contributed by atoms with Crippen LogP contribution >= 0.6 is 24.0 Å². The van der Waals surface area contributed by atoms with E-state index in [1.165, 1.54) is 0 Å². The number of anilines is 1. The largest absolute Gasteiger partial charge is 0.368 e. The maximum atomic E-state index is 5.52. The van der Waals surface area contributed by atoms with Gasteiger partial charge in [0.2, 0.25) is 5.95 Å². The van der Waals surface area contributed by atoms with Crippen LogP contribution in [0.2, 0.25) is 5.15 Å². The van der Waals surface area contributed by atoms with E-state index in [9.17, 15) is 0 Å². The molecule has 0 aliphatic heterocycles. The Balaban J connectivity index is 0.000000810. The van der Waals surface area contributed by atoms with Crippen molar-refractivity contribution in [1.29, 1.82) is 0 Å². The second-order valence-corrected chi connectivity index (χ2v) is 2.08. The molecular weight excluding hydrogens is 173 g/mol. The molecule has 0 aliphatic rings. The molecule has 0 bridgehead atoms. The molecule has 0 fully saturated rings. The molecule has 2 N–H and O–H groups in total. The van der Waals surface area contributed by atoms with Crippen molar-refractivity contribution in [2.75, 3.05) is 5.73 Å². The van der Waals surface area contributed by atoms with Crippen LogP contribution in [0, 0.1) is 6.92 Å². The first-order chi connectivity index (χ1) is 4.18. The van der Waals surface area contributed by atoms with Gasteiger partial charge in [-0.1, -0.05) is 11.6 Å². The summed E-state index contributed by atoms with van der Waals surface area (Å²) >= 11 is 5.52. The molecule has 0 amide bonds. The van der Waals surface area contributed by atoms with Crippen LogP contribution in [0.25, 0.3) is 0 Å². The number of nitrogens with zero attached hydrogens (tertiary/aromatic N) is 2. The summed E-state index contributed by atoms with van der Waals surface area (Å²) in [6, 6.07) is 1.65. The summed E-state index contributed by atoms with van der Waals surface area (Å²) in [5.74, 6) is 0.222. The number of aryl methyl sites for hydroxylation is 1. The molecule has 1 rings (SSSR count). The van der Waals surface area contributed by atoms with E-state index in [1.807, 2.05) is 6.92 Å². The van der Waals surface area contributed by atoms with Gasteiger partial charge in [0.15, 0.2) is 0 Å². The summed E-state index contributed by atoms with van der Waals surface area (Å²) in [5.41, 5.74) is 6.04. The Kier molecular flexibility index (Phi) is 3.39. The molecule has 5 heteroatoms. The maximum Gasteiger partial charge on any atom is 0.221 e. The molecule has 3 nitrogen and oxygen atoms in total. The fourth-order valence-electron chi connectivity index (χ4n) is 0.552. The highest BCUT2D eigenvalue weighted by Crippen LogP contribution is 2.06. The van der Waals surface area contributed by atoms with Crippen LogP contribution in [0.1, 0.15) is 5.69 Å². The Hall–Kier alpha value is -0.540. The molecule has 56 valence electrons. The lowest BCUT2D eigenvalue weighted by Crippen LogP contribution is -1.95.